The Bertz CT molecular complexity index is 3890. The zero-order valence-electron chi connectivity index (χ0n) is 54.0. The van der Waals surface area contributed by atoms with E-state index in [4.69, 9.17) is 9.47 Å². The van der Waals surface area contributed by atoms with Gasteiger partial charge < -0.3 is 28.8 Å². The number of hydrogen-bond acceptors (Lipinski definition) is 4. The molecule has 0 bridgehead atoms. The second-order valence-electron chi connectivity index (χ2n) is 30.8. The number of phenols is 2. The molecule has 448 valence electrons. The van der Waals surface area contributed by atoms with Crippen LogP contribution in [0.25, 0.3) is 77.2 Å². The molecule has 8 heteroatoms. The number of benzene rings is 8. The molecule has 8 aromatic carbocycles. The summed E-state index contributed by atoms with van der Waals surface area (Å²) in [5.41, 5.74) is 12.6. The Hall–Kier alpha value is -7.58. The van der Waals surface area contributed by atoms with Gasteiger partial charge in [0.1, 0.15) is 46.8 Å². The van der Waals surface area contributed by atoms with Crippen LogP contribution < -0.4 is 9.47 Å². The lowest BCUT2D eigenvalue weighted by Gasteiger charge is -2.31. The predicted octanol–water partition coefficient (Wildman–Crippen LogP) is 21.5. The predicted molar refractivity (Wildman–Crippen MR) is 355 cm³/mol. The number of nitrogens with zero attached hydrogens (tertiary/aromatic N) is 2. The maximum absolute atomic E-state index is 15.9. The van der Waals surface area contributed by atoms with Crippen LogP contribution in [0.2, 0.25) is 0 Å². The Labute approximate surface area is 508 Å². The molecule has 2 atom stereocenters. The molecule has 86 heavy (non-hydrogen) atoms. The zero-order chi connectivity index (χ0) is 62.1. The van der Waals surface area contributed by atoms with E-state index in [2.05, 4.69) is 219 Å². The lowest BCUT2D eigenvalue weighted by molar-refractivity contribution is 0.0685. The third-order valence-electron chi connectivity index (χ3n) is 18.0. The third-order valence-corrected chi connectivity index (χ3v) is 18.0. The van der Waals surface area contributed by atoms with Gasteiger partial charge in [0.2, 0.25) is 0 Å². The molecule has 1 aliphatic carbocycles. The van der Waals surface area contributed by atoms with E-state index in [1.54, 1.807) is 12.1 Å². The molecule has 1 fully saturated rings. The quantitative estimate of drug-likeness (QED) is 0.159. The number of phenolic OH excluding ortho intramolecular Hbond substituents is 2. The number of aromatic hydroxyl groups is 2. The number of fused-ring (bicyclic) bond motifs is 6. The Kier molecular flexibility index (Phi) is 14.7. The van der Waals surface area contributed by atoms with Crippen LogP contribution in [-0.2, 0) is 32.5 Å². The molecule has 1 saturated carbocycles. The highest BCUT2D eigenvalue weighted by Crippen LogP contribution is 2.50. The van der Waals surface area contributed by atoms with Crippen molar-refractivity contribution in [2.45, 2.75) is 195 Å². The van der Waals surface area contributed by atoms with Crippen molar-refractivity contribution in [3.05, 3.63) is 178 Å². The highest BCUT2D eigenvalue weighted by molar-refractivity contribution is 6.11. The first-order valence-electron chi connectivity index (χ1n) is 30.9. The fourth-order valence-electron chi connectivity index (χ4n) is 12.6. The second kappa shape index (κ2) is 21.1. The van der Waals surface area contributed by atoms with E-state index in [9.17, 15) is 10.2 Å². The van der Waals surface area contributed by atoms with E-state index in [1.807, 2.05) is 12.1 Å². The summed E-state index contributed by atoms with van der Waals surface area (Å²) < 4.78 is 50.2. The smallest absolute Gasteiger partial charge is 0.147 e. The van der Waals surface area contributed by atoms with Gasteiger partial charge in [-0.15, -0.1) is 0 Å². The minimum atomic E-state index is -0.450. The van der Waals surface area contributed by atoms with E-state index in [0.29, 0.717) is 64.4 Å². The summed E-state index contributed by atoms with van der Waals surface area (Å²) in [7, 11) is 0. The van der Waals surface area contributed by atoms with Crippen molar-refractivity contribution in [3.63, 3.8) is 0 Å². The van der Waals surface area contributed by atoms with Crippen molar-refractivity contribution in [2.75, 3.05) is 0 Å². The van der Waals surface area contributed by atoms with Crippen molar-refractivity contribution in [1.82, 2.24) is 9.13 Å². The van der Waals surface area contributed by atoms with Crippen LogP contribution in [0.15, 0.2) is 133 Å². The molecule has 10 aromatic rings. The summed E-state index contributed by atoms with van der Waals surface area (Å²) in [5, 5.41) is 30.2. The topological polar surface area (TPSA) is 68.8 Å². The number of aromatic nitrogens is 2. The van der Waals surface area contributed by atoms with E-state index >= 15 is 8.78 Å². The van der Waals surface area contributed by atoms with Crippen molar-refractivity contribution >= 4 is 43.6 Å². The number of rotatable bonds is 8. The van der Waals surface area contributed by atoms with Gasteiger partial charge in [0, 0.05) is 50.2 Å². The summed E-state index contributed by atoms with van der Waals surface area (Å²) in [6.45, 7) is 39.6. The molecular weight excluding hydrogens is 1070 g/mol. The van der Waals surface area contributed by atoms with Gasteiger partial charge in [-0.3, -0.25) is 0 Å². The lowest BCUT2D eigenvalue weighted by Crippen LogP contribution is -2.32. The molecule has 2 N–H and O–H groups in total. The molecule has 0 spiro atoms. The fourth-order valence-corrected chi connectivity index (χ4v) is 12.6. The largest absolute Gasteiger partial charge is 0.505 e. The Morgan fingerprint density at radius 2 is 0.640 bits per heavy atom. The normalized spacial score (nSPS) is 15.8. The molecule has 2 aromatic heterocycles. The number of hydrogen-bond donors (Lipinski definition) is 2. The monoisotopic (exact) mass is 1150 g/mol. The van der Waals surface area contributed by atoms with Crippen molar-refractivity contribution in [3.8, 4) is 56.6 Å². The molecule has 0 amide bonds. The van der Waals surface area contributed by atoms with Gasteiger partial charge in [0.15, 0.2) is 0 Å². The highest BCUT2D eigenvalue weighted by Gasteiger charge is 2.32. The number of ether oxygens (including phenoxy) is 2. The molecule has 0 aliphatic heterocycles. The summed E-state index contributed by atoms with van der Waals surface area (Å²) >= 11 is 0. The van der Waals surface area contributed by atoms with E-state index in [1.165, 1.54) is 46.5 Å². The molecule has 0 unspecified atom stereocenters. The summed E-state index contributed by atoms with van der Waals surface area (Å²) in [6, 6.07) is 43.8. The molecule has 1 aliphatic rings. The summed E-state index contributed by atoms with van der Waals surface area (Å²) in [5.74, 6) is 0.0343. The van der Waals surface area contributed by atoms with Gasteiger partial charge in [-0.25, -0.2) is 8.78 Å². The average Bonchev–Trinajstić information content (AvgIpc) is 1.57. The van der Waals surface area contributed by atoms with Gasteiger partial charge in [0.05, 0.1) is 33.4 Å². The van der Waals surface area contributed by atoms with Crippen LogP contribution in [0.4, 0.5) is 8.78 Å². The molecule has 0 radical (unpaired) electrons. The van der Waals surface area contributed by atoms with Crippen LogP contribution in [0.3, 0.4) is 0 Å². The second-order valence-corrected chi connectivity index (χ2v) is 30.8. The molecular formula is C78H88F2N2O4. The van der Waals surface area contributed by atoms with Gasteiger partial charge in [-0.05, 0) is 194 Å². The van der Waals surface area contributed by atoms with Crippen LogP contribution in [-0.4, -0.2) is 31.6 Å². The minimum absolute atomic E-state index is 0.0187. The highest BCUT2D eigenvalue weighted by atomic mass is 19.1. The zero-order valence-corrected chi connectivity index (χ0v) is 54.0. The van der Waals surface area contributed by atoms with Crippen LogP contribution in [0.1, 0.15) is 184 Å². The first-order chi connectivity index (χ1) is 40.0. The first-order valence-corrected chi connectivity index (χ1v) is 30.9. The summed E-state index contributed by atoms with van der Waals surface area (Å²) in [6.07, 6.45) is 1.98. The SMILES string of the molecule is CC(C)(C)c1cc(-c2cc(F)ccc2O[C@@H]2CCC[C@H](Oc3ccc(F)cc3-c3cc(C(C)(C)C)cc(-n4c5ccc(C(C)(C)C)cc5c5cc(C(C)(C)C)ccc54)c3O)C2)c(O)c(-n2c3ccc(C(C)(C)C)cc3c3cc(C(C)(C)C)ccc32)c1. The maximum Gasteiger partial charge on any atom is 0.147 e. The Morgan fingerprint density at radius 1 is 0.349 bits per heavy atom. The summed E-state index contributed by atoms with van der Waals surface area (Å²) in [4.78, 5) is 0. The minimum Gasteiger partial charge on any atom is -0.505 e. The molecule has 11 rings (SSSR count). The molecule has 6 nitrogen and oxygen atoms in total. The van der Waals surface area contributed by atoms with Gasteiger partial charge in [-0.1, -0.05) is 149 Å². The standard InChI is InChI=1S/C78H88F2N2O4/c1-73(2,3)45-22-28-63-55(34-45)56-35-46(74(4,5)6)23-29-64(56)81(63)67-40-49(77(13,14)15)38-61(71(67)83)59-42-51(79)26-32-69(59)85-53-20-19-21-54(44-53)86-70-33-27-52(80)43-60(70)62-39-50(78(16,17)18)41-68(72(62)84)82-65-30-24-47(75(7,8)9)36-57(65)58-37-48(76(10,11)12)25-31-66(58)82/h22-43,53-54,83-84H,19-21,44H2,1-18H3/t53-,54+. The van der Waals surface area contributed by atoms with Gasteiger partial charge in [-0.2, -0.15) is 0 Å². The third kappa shape index (κ3) is 11.3. The Morgan fingerprint density at radius 3 is 0.919 bits per heavy atom. The average molecular weight is 1160 g/mol. The molecule has 2 heterocycles. The van der Waals surface area contributed by atoms with E-state index in [-0.39, 0.29) is 56.2 Å². The van der Waals surface area contributed by atoms with E-state index in [0.717, 1.165) is 61.2 Å². The van der Waals surface area contributed by atoms with Crippen LogP contribution >= 0.6 is 0 Å². The maximum atomic E-state index is 15.9. The lowest BCUT2D eigenvalue weighted by atomic mass is 9.84. The van der Waals surface area contributed by atoms with Crippen LogP contribution in [0.5, 0.6) is 23.0 Å². The Balaban J connectivity index is 0.974. The molecule has 0 saturated heterocycles. The van der Waals surface area contributed by atoms with Gasteiger partial charge >= 0.3 is 0 Å². The van der Waals surface area contributed by atoms with Crippen molar-refractivity contribution < 1.29 is 28.5 Å². The van der Waals surface area contributed by atoms with Crippen molar-refractivity contribution in [1.29, 1.82) is 0 Å². The van der Waals surface area contributed by atoms with Crippen LogP contribution in [0, 0.1) is 11.6 Å². The van der Waals surface area contributed by atoms with Crippen molar-refractivity contribution in [2.24, 2.45) is 0 Å². The van der Waals surface area contributed by atoms with Gasteiger partial charge in [0.25, 0.3) is 0 Å². The fraction of sp³-hybridized carbons (Fsp3) is 0.385. The van der Waals surface area contributed by atoms with E-state index < -0.39 is 11.6 Å². The first kappa shape index (κ1) is 60.1. The number of halogens is 2.